The fraction of sp³-hybridized carbons (Fsp3) is 0.100. The molecule has 2 aromatic carbocycles. The number of benzene rings is 2. The Morgan fingerprint density at radius 2 is 1.71 bits per heavy atom. The molecule has 1 amide bonds. The number of carbonyl (C=O) groups excluding carboxylic acids is 2. The molecule has 8 nitrogen and oxygen atoms in total. The third kappa shape index (κ3) is 4.42. The van der Waals surface area contributed by atoms with Crippen LogP contribution in [0.2, 0.25) is 0 Å². The van der Waals surface area contributed by atoms with E-state index in [9.17, 15) is 9.59 Å². The summed E-state index contributed by atoms with van der Waals surface area (Å²) in [5.74, 6) is -1.27. The van der Waals surface area contributed by atoms with E-state index in [4.69, 9.17) is 9.83 Å². The lowest BCUT2D eigenvalue weighted by molar-refractivity contribution is -0.120. The molecule has 3 rings (SSSR count). The molecule has 8 heteroatoms. The maximum Gasteiger partial charge on any atom is 0.375 e. The second-order valence-corrected chi connectivity index (χ2v) is 5.74. The molecule has 0 aliphatic rings. The third-order valence-electron chi connectivity index (χ3n) is 3.87. The number of nitrogens with zero attached hydrogens (tertiary/aromatic N) is 1. The Morgan fingerprint density at radius 3 is 2.36 bits per heavy atom. The summed E-state index contributed by atoms with van der Waals surface area (Å²) >= 11 is 0. The number of nitrogens with one attached hydrogen (secondary N) is 3. The van der Waals surface area contributed by atoms with Crippen molar-refractivity contribution in [3.05, 3.63) is 83.7 Å². The van der Waals surface area contributed by atoms with Crippen LogP contribution < -0.4 is 10.6 Å². The van der Waals surface area contributed by atoms with E-state index in [-0.39, 0.29) is 17.6 Å². The largest absolute Gasteiger partial charge is 0.463 e. The van der Waals surface area contributed by atoms with Crippen LogP contribution in [0.15, 0.2) is 71.3 Å². The van der Waals surface area contributed by atoms with Gasteiger partial charge < -0.3 is 19.8 Å². The van der Waals surface area contributed by atoms with Gasteiger partial charge in [0.2, 0.25) is 5.76 Å². The third-order valence-corrected chi connectivity index (χ3v) is 3.87. The summed E-state index contributed by atoms with van der Waals surface area (Å²) in [7, 11) is 1.23. The number of rotatable bonds is 6. The number of amidine groups is 1. The highest BCUT2D eigenvalue weighted by molar-refractivity contribution is 6.08. The molecule has 0 saturated carbocycles. The predicted molar refractivity (Wildman–Crippen MR) is 102 cm³/mol. The van der Waals surface area contributed by atoms with Crippen LogP contribution in [0, 0.1) is 5.41 Å². The Hall–Kier alpha value is -3.94. The zero-order chi connectivity index (χ0) is 19.9. The molecular weight excluding hydrogens is 360 g/mol. The van der Waals surface area contributed by atoms with Gasteiger partial charge in [-0.1, -0.05) is 60.7 Å². The van der Waals surface area contributed by atoms with Crippen molar-refractivity contribution in [3.63, 3.8) is 0 Å². The van der Waals surface area contributed by atoms with Gasteiger partial charge >= 0.3 is 5.97 Å². The molecule has 1 atom stereocenters. The summed E-state index contributed by atoms with van der Waals surface area (Å²) in [5.41, 5.74) is 1.21. The normalized spacial score (nSPS) is 11.3. The van der Waals surface area contributed by atoms with Crippen molar-refractivity contribution >= 4 is 23.7 Å². The van der Waals surface area contributed by atoms with Gasteiger partial charge in [-0.25, -0.2) is 9.78 Å². The fourth-order valence-electron chi connectivity index (χ4n) is 2.48. The number of hydrogen-bond donors (Lipinski definition) is 3. The first-order valence-corrected chi connectivity index (χ1v) is 8.39. The van der Waals surface area contributed by atoms with E-state index in [1.165, 1.54) is 13.3 Å². The Balaban J connectivity index is 1.81. The molecular formula is C20H18N4O4. The molecule has 1 heterocycles. The van der Waals surface area contributed by atoms with Gasteiger partial charge in [-0.05, 0) is 5.56 Å². The number of esters is 1. The molecule has 0 aliphatic carbocycles. The molecule has 0 spiro atoms. The molecule has 0 radical (unpaired) electrons. The quantitative estimate of drug-likeness (QED) is 0.345. The molecule has 142 valence electrons. The SMILES string of the molecule is COC(=O)c1cnc(NC(C(=O)NC(=N)c2ccccc2)c2ccccc2)o1. The van der Waals surface area contributed by atoms with Gasteiger partial charge in [0.15, 0.2) is 0 Å². The van der Waals surface area contributed by atoms with Crippen LogP contribution in [-0.4, -0.2) is 29.8 Å². The van der Waals surface area contributed by atoms with Gasteiger partial charge in [0.05, 0.1) is 13.3 Å². The van der Waals surface area contributed by atoms with Crippen molar-refractivity contribution < 1.29 is 18.7 Å². The lowest BCUT2D eigenvalue weighted by Crippen LogP contribution is -2.37. The van der Waals surface area contributed by atoms with Crippen molar-refractivity contribution in [2.24, 2.45) is 0 Å². The molecule has 0 aliphatic heterocycles. The standard InChI is InChI=1S/C20H18N4O4/c1-27-19(26)15-12-22-20(28-15)23-16(13-8-4-2-5-9-13)18(25)24-17(21)14-10-6-3-7-11-14/h2-12,16H,1H3,(H,22,23)(H2,21,24,25). The Bertz CT molecular complexity index is 970. The van der Waals surface area contributed by atoms with Crippen molar-refractivity contribution in [1.29, 1.82) is 5.41 Å². The topological polar surface area (TPSA) is 117 Å². The number of hydrogen-bond acceptors (Lipinski definition) is 7. The fourth-order valence-corrected chi connectivity index (χ4v) is 2.48. The molecule has 3 aromatic rings. The summed E-state index contributed by atoms with van der Waals surface area (Å²) in [6, 6.07) is 16.8. The summed E-state index contributed by atoms with van der Waals surface area (Å²) in [4.78, 5) is 28.3. The Kier molecular flexibility index (Phi) is 5.81. The Labute approximate surface area is 161 Å². The van der Waals surface area contributed by atoms with E-state index < -0.39 is 17.9 Å². The zero-order valence-electron chi connectivity index (χ0n) is 15.0. The van der Waals surface area contributed by atoms with Gasteiger partial charge in [-0.15, -0.1) is 0 Å². The second kappa shape index (κ2) is 8.63. The van der Waals surface area contributed by atoms with E-state index in [0.29, 0.717) is 11.1 Å². The maximum absolute atomic E-state index is 12.9. The lowest BCUT2D eigenvalue weighted by Gasteiger charge is -2.18. The van der Waals surface area contributed by atoms with E-state index in [2.05, 4.69) is 20.4 Å². The smallest absolute Gasteiger partial charge is 0.375 e. The molecule has 0 fully saturated rings. The van der Waals surface area contributed by atoms with Crippen LogP contribution in [0.4, 0.5) is 6.01 Å². The average Bonchev–Trinajstić information content (AvgIpc) is 3.21. The monoisotopic (exact) mass is 378 g/mol. The van der Waals surface area contributed by atoms with Crippen LogP contribution in [0.1, 0.15) is 27.7 Å². The molecule has 0 bridgehead atoms. The molecule has 1 unspecified atom stereocenters. The van der Waals surface area contributed by atoms with Gasteiger partial charge in [-0.3, -0.25) is 10.2 Å². The van der Waals surface area contributed by atoms with Crippen molar-refractivity contribution in [1.82, 2.24) is 10.3 Å². The molecule has 3 N–H and O–H groups in total. The predicted octanol–water partition coefficient (Wildman–Crippen LogP) is 2.76. The lowest BCUT2D eigenvalue weighted by atomic mass is 10.1. The number of oxazole rings is 1. The minimum absolute atomic E-state index is 0.0179. The van der Waals surface area contributed by atoms with Crippen LogP contribution in [-0.2, 0) is 9.53 Å². The molecule has 28 heavy (non-hydrogen) atoms. The van der Waals surface area contributed by atoms with Crippen LogP contribution in [0.25, 0.3) is 0 Å². The van der Waals surface area contributed by atoms with E-state index >= 15 is 0 Å². The zero-order valence-corrected chi connectivity index (χ0v) is 15.0. The van der Waals surface area contributed by atoms with Crippen LogP contribution >= 0.6 is 0 Å². The van der Waals surface area contributed by atoms with Crippen LogP contribution in [0.5, 0.6) is 0 Å². The van der Waals surface area contributed by atoms with Crippen molar-refractivity contribution in [2.45, 2.75) is 6.04 Å². The number of amides is 1. The van der Waals surface area contributed by atoms with Gasteiger partial charge in [0, 0.05) is 5.56 Å². The number of carbonyl (C=O) groups is 2. The summed E-state index contributed by atoms with van der Waals surface area (Å²) in [5, 5.41) is 13.6. The average molecular weight is 378 g/mol. The van der Waals surface area contributed by atoms with E-state index in [0.717, 1.165) is 0 Å². The summed E-state index contributed by atoms with van der Waals surface area (Å²) < 4.78 is 9.88. The minimum atomic E-state index is -0.894. The second-order valence-electron chi connectivity index (χ2n) is 5.74. The number of anilines is 1. The number of ether oxygens (including phenoxy) is 1. The van der Waals surface area contributed by atoms with E-state index in [1.54, 1.807) is 48.5 Å². The van der Waals surface area contributed by atoms with Crippen LogP contribution in [0.3, 0.4) is 0 Å². The highest BCUT2D eigenvalue weighted by atomic mass is 16.5. The number of methoxy groups -OCH3 is 1. The first-order valence-electron chi connectivity index (χ1n) is 8.39. The Morgan fingerprint density at radius 1 is 1.07 bits per heavy atom. The van der Waals surface area contributed by atoms with Gasteiger partial charge in [-0.2, -0.15) is 0 Å². The molecule has 0 saturated heterocycles. The summed E-state index contributed by atoms with van der Waals surface area (Å²) in [6.45, 7) is 0. The minimum Gasteiger partial charge on any atom is -0.463 e. The summed E-state index contributed by atoms with van der Waals surface area (Å²) in [6.07, 6.45) is 1.21. The highest BCUT2D eigenvalue weighted by Gasteiger charge is 2.24. The molecule has 1 aromatic heterocycles. The van der Waals surface area contributed by atoms with Crippen molar-refractivity contribution in [3.8, 4) is 0 Å². The first kappa shape index (κ1) is 18.8. The highest BCUT2D eigenvalue weighted by Crippen LogP contribution is 2.20. The van der Waals surface area contributed by atoms with E-state index in [1.807, 2.05) is 12.1 Å². The first-order chi connectivity index (χ1) is 13.6. The van der Waals surface area contributed by atoms with Crippen molar-refractivity contribution in [2.75, 3.05) is 12.4 Å². The van der Waals surface area contributed by atoms with Gasteiger partial charge in [0.1, 0.15) is 11.9 Å². The van der Waals surface area contributed by atoms with Gasteiger partial charge in [0.25, 0.3) is 11.9 Å². The maximum atomic E-state index is 12.9. The number of aromatic nitrogens is 1.